The van der Waals surface area contributed by atoms with Gasteiger partial charge in [0.15, 0.2) is 5.76 Å². The fourth-order valence-corrected chi connectivity index (χ4v) is 4.64. The molecule has 2 heterocycles. The van der Waals surface area contributed by atoms with Gasteiger partial charge in [-0.05, 0) is 50.3 Å². The highest BCUT2D eigenvalue weighted by Gasteiger charge is 2.25. The molecule has 1 aromatic heterocycles. The van der Waals surface area contributed by atoms with Crippen molar-refractivity contribution in [1.82, 2.24) is 9.80 Å². The minimum atomic E-state index is -0.159. The zero-order valence-electron chi connectivity index (χ0n) is 17.1. The maximum Gasteiger partial charge on any atom is 0.289 e. The SMILES string of the molecule is O=C(c1ccc(CN(Cc2ccccc2F)C2CCCCC2)o1)N1CCCCC1. The van der Waals surface area contributed by atoms with Crippen molar-refractivity contribution in [1.29, 1.82) is 0 Å². The minimum absolute atomic E-state index is 0.00531. The molecule has 5 heteroatoms. The van der Waals surface area contributed by atoms with Crippen LogP contribution in [0.5, 0.6) is 0 Å². The van der Waals surface area contributed by atoms with E-state index in [4.69, 9.17) is 4.42 Å². The number of rotatable bonds is 6. The first-order valence-corrected chi connectivity index (χ1v) is 11.1. The minimum Gasteiger partial charge on any atom is -0.455 e. The van der Waals surface area contributed by atoms with Gasteiger partial charge in [-0.1, -0.05) is 37.5 Å². The number of carbonyl (C=O) groups is 1. The molecule has 0 bridgehead atoms. The van der Waals surface area contributed by atoms with Crippen LogP contribution in [0.4, 0.5) is 4.39 Å². The number of hydrogen-bond donors (Lipinski definition) is 0. The Balaban J connectivity index is 1.47. The molecule has 4 rings (SSSR count). The van der Waals surface area contributed by atoms with Crippen molar-refractivity contribution >= 4 is 5.91 Å². The van der Waals surface area contributed by atoms with E-state index in [-0.39, 0.29) is 11.7 Å². The number of hydrogen-bond acceptors (Lipinski definition) is 3. The zero-order valence-corrected chi connectivity index (χ0v) is 17.1. The van der Waals surface area contributed by atoms with Gasteiger partial charge >= 0.3 is 0 Å². The van der Waals surface area contributed by atoms with E-state index < -0.39 is 0 Å². The lowest BCUT2D eigenvalue weighted by Gasteiger charge is -2.34. The molecule has 1 aromatic carbocycles. The second-order valence-corrected chi connectivity index (χ2v) is 8.41. The van der Waals surface area contributed by atoms with Crippen LogP contribution in [0.2, 0.25) is 0 Å². The van der Waals surface area contributed by atoms with Gasteiger partial charge in [0.05, 0.1) is 6.54 Å². The number of piperidine rings is 1. The summed E-state index contributed by atoms with van der Waals surface area (Å²) in [5.41, 5.74) is 0.717. The van der Waals surface area contributed by atoms with Crippen molar-refractivity contribution < 1.29 is 13.6 Å². The summed E-state index contributed by atoms with van der Waals surface area (Å²) >= 11 is 0. The number of furan rings is 1. The Labute approximate surface area is 172 Å². The first-order valence-electron chi connectivity index (χ1n) is 11.1. The molecule has 2 aromatic rings. The van der Waals surface area contributed by atoms with Crippen LogP contribution in [0.1, 0.15) is 73.2 Å². The third kappa shape index (κ3) is 5.08. The largest absolute Gasteiger partial charge is 0.455 e. The highest BCUT2D eigenvalue weighted by atomic mass is 19.1. The summed E-state index contributed by atoms with van der Waals surface area (Å²) in [5, 5.41) is 0. The second-order valence-electron chi connectivity index (χ2n) is 8.41. The number of halogens is 1. The molecule has 0 atom stereocenters. The van der Waals surface area contributed by atoms with Gasteiger partial charge in [0, 0.05) is 31.2 Å². The van der Waals surface area contributed by atoms with Crippen LogP contribution < -0.4 is 0 Å². The van der Waals surface area contributed by atoms with E-state index in [1.54, 1.807) is 12.1 Å². The lowest BCUT2D eigenvalue weighted by atomic mass is 9.93. The standard InChI is InChI=1S/C24H31FN2O2/c25-22-12-6-5-9-19(22)17-27(20-10-3-1-4-11-20)18-21-13-14-23(29-21)24(28)26-15-7-2-8-16-26/h5-6,9,12-14,20H,1-4,7-8,10-11,15-18H2. The quantitative estimate of drug-likeness (QED) is 0.655. The van der Waals surface area contributed by atoms with E-state index in [2.05, 4.69) is 4.90 Å². The van der Waals surface area contributed by atoms with E-state index in [0.29, 0.717) is 30.5 Å². The van der Waals surface area contributed by atoms with Crippen LogP contribution in [-0.4, -0.2) is 34.8 Å². The first kappa shape index (κ1) is 20.1. The topological polar surface area (TPSA) is 36.7 Å². The molecule has 29 heavy (non-hydrogen) atoms. The van der Waals surface area contributed by atoms with Gasteiger partial charge in [-0.25, -0.2) is 4.39 Å². The molecule has 1 saturated carbocycles. The molecule has 1 amide bonds. The lowest BCUT2D eigenvalue weighted by molar-refractivity contribution is 0.0684. The smallest absolute Gasteiger partial charge is 0.289 e. The fraction of sp³-hybridized carbons (Fsp3) is 0.542. The number of carbonyl (C=O) groups excluding carboxylic acids is 1. The molecular formula is C24H31FN2O2. The van der Waals surface area contributed by atoms with Crippen molar-refractivity contribution in [3.8, 4) is 0 Å². The molecule has 2 aliphatic rings. The van der Waals surface area contributed by atoms with Crippen molar-refractivity contribution in [2.45, 2.75) is 70.5 Å². The average Bonchev–Trinajstić information content (AvgIpc) is 3.24. The van der Waals surface area contributed by atoms with Gasteiger partial charge in [0.1, 0.15) is 11.6 Å². The molecule has 0 N–H and O–H groups in total. The summed E-state index contributed by atoms with van der Waals surface area (Å²) in [6.07, 6.45) is 9.31. The molecule has 0 radical (unpaired) electrons. The molecule has 1 saturated heterocycles. The monoisotopic (exact) mass is 398 g/mol. The summed E-state index contributed by atoms with van der Waals surface area (Å²) in [7, 11) is 0. The Bertz CT molecular complexity index is 807. The summed E-state index contributed by atoms with van der Waals surface area (Å²) in [4.78, 5) is 16.9. The number of benzene rings is 1. The van der Waals surface area contributed by atoms with Crippen molar-refractivity contribution in [3.63, 3.8) is 0 Å². The van der Waals surface area contributed by atoms with E-state index in [1.807, 2.05) is 23.1 Å². The Morgan fingerprint density at radius 2 is 1.69 bits per heavy atom. The normalized spacial score (nSPS) is 18.3. The molecule has 1 aliphatic carbocycles. The summed E-state index contributed by atoms with van der Waals surface area (Å²) in [6, 6.07) is 11.1. The van der Waals surface area contributed by atoms with Gasteiger partial charge in [0.2, 0.25) is 0 Å². The maximum atomic E-state index is 14.3. The molecule has 0 unspecified atom stereocenters. The molecule has 2 fully saturated rings. The summed E-state index contributed by atoms with van der Waals surface area (Å²) in [6.45, 7) is 2.80. The Morgan fingerprint density at radius 1 is 0.966 bits per heavy atom. The van der Waals surface area contributed by atoms with Gasteiger partial charge in [-0.15, -0.1) is 0 Å². The molecule has 1 aliphatic heterocycles. The highest BCUT2D eigenvalue weighted by Crippen LogP contribution is 2.27. The van der Waals surface area contributed by atoms with Crippen LogP contribution >= 0.6 is 0 Å². The van der Waals surface area contributed by atoms with E-state index in [0.717, 1.165) is 44.5 Å². The van der Waals surface area contributed by atoms with Crippen LogP contribution in [0.3, 0.4) is 0 Å². The van der Waals surface area contributed by atoms with E-state index in [1.165, 1.54) is 31.7 Å². The third-order valence-electron chi connectivity index (χ3n) is 6.30. The predicted molar refractivity (Wildman–Crippen MR) is 111 cm³/mol. The first-order chi connectivity index (χ1) is 14.2. The molecular weight excluding hydrogens is 367 g/mol. The summed E-state index contributed by atoms with van der Waals surface area (Å²) < 4.78 is 20.2. The van der Waals surface area contributed by atoms with Gasteiger partial charge in [0.25, 0.3) is 5.91 Å². The zero-order chi connectivity index (χ0) is 20.1. The number of likely N-dealkylation sites (tertiary alicyclic amines) is 1. The van der Waals surface area contributed by atoms with Crippen molar-refractivity contribution in [2.24, 2.45) is 0 Å². The molecule has 0 spiro atoms. The molecule has 156 valence electrons. The number of nitrogens with zero attached hydrogens (tertiary/aromatic N) is 2. The Hall–Kier alpha value is -2.14. The highest BCUT2D eigenvalue weighted by molar-refractivity contribution is 5.91. The predicted octanol–water partition coefficient (Wildman–Crippen LogP) is 5.38. The van der Waals surface area contributed by atoms with Gasteiger partial charge < -0.3 is 9.32 Å². The van der Waals surface area contributed by atoms with Crippen LogP contribution in [0.15, 0.2) is 40.8 Å². The van der Waals surface area contributed by atoms with Crippen molar-refractivity contribution in [2.75, 3.05) is 13.1 Å². The van der Waals surface area contributed by atoms with Gasteiger partial charge in [-0.3, -0.25) is 9.69 Å². The number of amides is 1. The third-order valence-corrected chi connectivity index (χ3v) is 6.30. The average molecular weight is 399 g/mol. The molecule has 4 nitrogen and oxygen atoms in total. The Morgan fingerprint density at radius 3 is 2.45 bits per heavy atom. The fourth-order valence-electron chi connectivity index (χ4n) is 4.64. The van der Waals surface area contributed by atoms with Crippen LogP contribution in [0.25, 0.3) is 0 Å². The van der Waals surface area contributed by atoms with Crippen LogP contribution in [0, 0.1) is 5.82 Å². The second kappa shape index (κ2) is 9.57. The summed E-state index contributed by atoms with van der Waals surface area (Å²) in [5.74, 6) is 1.05. The Kier molecular flexibility index (Phi) is 6.65. The van der Waals surface area contributed by atoms with Crippen LogP contribution in [-0.2, 0) is 13.1 Å². The maximum absolute atomic E-state index is 14.3. The van der Waals surface area contributed by atoms with Crippen molar-refractivity contribution in [3.05, 3.63) is 59.3 Å². The van der Waals surface area contributed by atoms with E-state index >= 15 is 0 Å². The lowest BCUT2D eigenvalue weighted by Crippen LogP contribution is -2.36. The van der Waals surface area contributed by atoms with E-state index in [9.17, 15) is 9.18 Å². The van der Waals surface area contributed by atoms with Gasteiger partial charge in [-0.2, -0.15) is 0 Å².